The number of aromatic nitrogens is 1. The number of nitrogens with two attached hydrogens (primary N) is 1. The van der Waals surface area contributed by atoms with Crippen LogP contribution < -0.4 is 25.8 Å². The number of hydrogen-bond donors (Lipinski definition) is 5. The fraction of sp³-hybridized carbons (Fsp3) is 0.261. The van der Waals surface area contributed by atoms with E-state index in [-0.39, 0.29) is 6.54 Å². The summed E-state index contributed by atoms with van der Waals surface area (Å²) in [6, 6.07) is 17.2. The summed E-state index contributed by atoms with van der Waals surface area (Å²) in [7, 11) is -3.77. The Hall–Kier alpha value is -3.54. The minimum absolute atomic E-state index is 0.140. The Balaban J connectivity index is 1.64. The molecular formula is C23H28N6O4S. The van der Waals surface area contributed by atoms with Gasteiger partial charge in [0.05, 0.1) is 11.2 Å². The summed E-state index contributed by atoms with van der Waals surface area (Å²) in [6.07, 6.45) is 2.87. The van der Waals surface area contributed by atoms with Gasteiger partial charge in [-0.2, -0.15) is 8.42 Å². The fourth-order valence-corrected chi connectivity index (χ4v) is 3.80. The maximum Gasteiger partial charge on any atom is 0.315 e. The van der Waals surface area contributed by atoms with E-state index >= 15 is 0 Å². The van der Waals surface area contributed by atoms with Crippen molar-refractivity contribution in [1.29, 1.82) is 0 Å². The molecule has 11 heteroatoms. The van der Waals surface area contributed by atoms with E-state index in [1.165, 1.54) is 0 Å². The number of unbranched alkanes of at least 4 members (excludes halogenated alkanes) is 1. The summed E-state index contributed by atoms with van der Waals surface area (Å²) in [5.41, 5.74) is 2.10. The van der Waals surface area contributed by atoms with Gasteiger partial charge in [0, 0.05) is 24.7 Å². The number of anilines is 1. The van der Waals surface area contributed by atoms with Gasteiger partial charge < -0.3 is 16.0 Å². The van der Waals surface area contributed by atoms with Crippen LogP contribution in [0.2, 0.25) is 0 Å². The first-order valence-electron chi connectivity index (χ1n) is 10.8. The lowest BCUT2D eigenvalue weighted by Crippen LogP contribution is -2.47. The number of benzene rings is 2. The molecule has 0 aliphatic rings. The minimum Gasteiger partial charge on any atom is -0.334 e. The van der Waals surface area contributed by atoms with E-state index in [0.717, 1.165) is 10.9 Å². The number of nitrogens with one attached hydrogen (secondary N) is 4. The molecule has 2 aromatic carbocycles. The molecule has 0 spiro atoms. The normalized spacial score (nSPS) is 12.1. The van der Waals surface area contributed by atoms with E-state index in [0.29, 0.717) is 37.0 Å². The van der Waals surface area contributed by atoms with Crippen molar-refractivity contribution in [3.63, 3.8) is 0 Å². The van der Waals surface area contributed by atoms with Gasteiger partial charge >= 0.3 is 6.03 Å². The Labute approximate surface area is 198 Å². The maximum absolute atomic E-state index is 13.1. The summed E-state index contributed by atoms with van der Waals surface area (Å²) in [4.78, 5) is 29.9. The number of urea groups is 1. The molecule has 0 aliphatic carbocycles. The summed E-state index contributed by atoms with van der Waals surface area (Å²) < 4.78 is 24.2. The summed E-state index contributed by atoms with van der Waals surface area (Å²) in [5, 5.41) is 14.1. The van der Waals surface area contributed by atoms with E-state index < -0.39 is 28.2 Å². The van der Waals surface area contributed by atoms with Gasteiger partial charge in [-0.1, -0.05) is 48.5 Å². The second kappa shape index (κ2) is 12.1. The number of carbonyl (C=O) groups is 2. The quantitative estimate of drug-likeness (QED) is 0.263. The molecule has 0 saturated carbocycles. The molecule has 0 unspecified atom stereocenters. The highest BCUT2D eigenvalue weighted by atomic mass is 32.2. The van der Waals surface area contributed by atoms with Crippen LogP contribution in [0.3, 0.4) is 0 Å². The predicted molar refractivity (Wildman–Crippen MR) is 131 cm³/mol. The Kier molecular flexibility index (Phi) is 8.91. The van der Waals surface area contributed by atoms with Gasteiger partial charge in [-0.15, -0.1) is 0 Å². The lowest BCUT2D eigenvalue weighted by Gasteiger charge is -2.19. The van der Waals surface area contributed by atoms with Crippen molar-refractivity contribution >= 4 is 38.7 Å². The first-order chi connectivity index (χ1) is 16.3. The molecule has 1 heterocycles. The molecule has 180 valence electrons. The van der Waals surface area contributed by atoms with Crippen LogP contribution in [0.1, 0.15) is 24.8 Å². The third-order valence-corrected chi connectivity index (χ3v) is 5.64. The van der Waals surface area contributed by atoms with Gasteiger partial charge in [0.2, 0.25) is 5.91 Å². The monoisotopic (exact) mass is 484 g/mol. The molecule has 3 aromatic rings. The Morgan fingerprint density at radius 1 is 0.971 bits per heavy atom. The zero-order valence-corrected chi connectivity index (χ0v) is 19.3. The molecule has 1 atom stereocenters. The van der Waals surface area contributed by atoms with Gasteiger partial charge in [0.1, 0.15) is 6.04 Å². The minimum atomic E-state index is -3.77. The number of nitrogens with zero attached hydrogens (tertiary/aromatic N) is 1. The van der Waals surface area contributed by atoms with Gasteiger partial charge in [-0.3, -0.25) is 9.78 Å². The van der Waals surface area contributed by atoms with E-state index in [4.69, 9.17) is 5.14 Å². The van der Waals surface area contributed by atoms with E-state index in [1.54, 1.807) is 12.3 Å². The van der Waals surface area contributed by atoms with Gasteiger partial charge in [-0.25, -0.2) is 14.7 Å². The van der Waals surface area contributed by atoms with E-state index in [9.17, 15) is 18.0 Å². The first kappa shape index (κ1) is 25.1. The molecule has 0 fully saturated rings. The first-order valence-corrected chi connectivity index (χ1v) is 12.4. The van der Waals surface area contributed by atoms with Crippen LogP contribution >= 0.6 is 0 Å². The van der Waals surface area contributed by atoms with Gasteiger partial charge in [-0.05, 0) is 37.0 Å². The lowest BCUT2D eigenvalue weighted by atomic mass is 10.1. The number of hydrogen-bond acceptors (Lipinski definition) is 5. The van der Waals surface area contributed by atoms with Crippen LogP contribution in [-0.4, -0.2) is 37.9 Å². The summed E-state index contributed by atoms with van der Waals surface area (Å²) in [6.45, 7) is 0.452. The third-order valence-electron chi connectivity index (χ3n) is 5.03. The van der Waals surface area contributed by atoms with E-state index in [2.05, 4.69) is 25.7 Å². The molecule has 3 rings (SSSR count). The van der Waals surface area contributed by atoms with Crippen molar-refractivity contribution in [3.8, 4) is 0 Å². The molecule has 6 N–H and O–H groups in total. The second-order valence-electron chi connectivity index (χ2n) is 7.67. The Morgan fingerprint density at radius 2 is 1.74 bits per heavy atom. The summed E-state index contributed by atoms with van der Waals surface area (Å²) in [5.74, 6) is -0.396. The predicted octanol–water partition coefficient (Wildman–Crippen LogP) is 2.00. The standard InChI is InChI=1S/C23H28N6O4S/c24-34(32,33)27-15-5-4-12-20(29-23(31)26-16-17-8-2-1-3-9-17)22(30)28-19-13-6-10-18-11-7-14-25-21(18)19/h1-3,6-11,13-14,20,27H,4-5,12,15-16H2,(H,28,30)(H2,24,32,33)(H2,26,29,31)/t20-/m0/s1. The third kappa shape index (κ3) is 8.10. The van der Waals surface area contributed by atoms with Crippen molar-refractivity contribution in [2.75, 3.05) is 11.9 Å². The van der Waals surface area contributed by atoms with E-state index in [1.807, 2.05) is 54.6 Å². The molecule has 0 saturated heterocycles. The molecule has 3 amide bonds. The SMILES string of the molecule is NS(=O)(=O)NCCCC[C@H](NC(=O)NCc1ccccc1)C(=O)Nc1cccc2cccnc12. The lowest BCUT2D eigenvalue weighted by molar-refractivity contribution is -0.118. The Morgan fingerprint density at radius 3 is 2.50 bits per heavy atom. The largest absolute Gasteiger partial charge is 0.334 e. The number of pyridine rings is 1. The Bertz CT molecular complexity index is 1220. The van der Waals surface area contributed by atoms with Crippen molar-refractivity contribution in [1.82, 2.24) is 20.3 Å². The van der Waals surface area contributed by atoms with Crippen LogP contribution in [0.15, 0.2) is 66.9 Å². The summed E-state index contributed by atoms with van der Waals surface area (Å²) >= 11 is 0. The molecule has 34 heavy (non-hydrogen) atoms. The number of carbonyl (C=O) groups excluding carboxylic acids is 2. The van der Waals surface area contributed by atoms with Crippen molar-refractivity contribution in [2.45, 2.75) is 31.8 Å². The zero-order chi connectivity index (χ0) is 24.4. The average molecular weight is 485 g/mol. The van der Waals surface area contributed by atoms with Crippen molar-refractivity contribution in [3.05, 3.63) is 72.4 Å². The number of amides is 3. The van der Waals surface area contributed by atoms with Crippen molar-refractivity contribution < 1.29 is 18.0 Å². The highest BCUT2D eigenvalue weighted by Crippen LogP contribution is 2.21. The average Bonchev–Trinajstić information content (AvgIpc) is 2.82. The van der Waals surface area contributed by atoms with Gasteiger partial charge in [0.15, 0.2) is 0 Å². The number of fused-ring (bicyclic) bond motifs is 1. The van der Waals surface area contributed by atoms with Crippen LogP contribution in [0.4, 0.5) is 10.5 Å². The highest BCUT2D eigenvalue weighted by Gasteiger charge is 2.21. The fourth-order valence-electron chi connectivity index (χ4n) is 3.37. The zero-order valence-electron chi connectivity index (χ0n) is 18.5. The number of para-hydroxylation sites is 1. The molecule has 10 nitrogen and oxygen atoms in total. The van der Waals surface area contributed by atoms with Crippen LogP contribution in [0.25, 0.3) is 10.9 Å². The van der Waals surface area contributed by atoms with Crippen LogP contribution in [-0.2, 0) is 21.5 Å². The molecule has 0 bridgehead atoms. The van der Waals surface area contributed by atoms with Crippen molar-refractivity contribution in [2.24, 2.45) is 5.14 Å². The molecule has 1 aromatic heterocycles. The number of rotatable bonds is 11. The topological polar surface area (TPSA) is 155 Å². The van der Waals surface area contributed by atoms with Gasteiger partial charge in [0.25, 0.3) is 10.2 Å². The highest BCUT2D eigenvalue weighted by molar-refractivity contribution is 7.87. The molecule has 0 radical (unpaired) electrons. The smallest absolute Gasteiger partial charge is 0.315 e. The maximum atomic E-state index is 13.1. The second-order valence-corrected chi connectivity index (χ2v) is 9.05. The molecule has 0 aliphatic heterocycles. The van der Waals surface area contributed by atoms with Crippen LogP contribution in [0, 0.1) is 0 Å². The molecular weight excluding hydrogens is 456 g/mol. The van der Waals surface area contributed by atoms with Crippen LogP contribution in [0.5, 0.6) is 0 Å².